The lowest BCUT2D eigenvalue weighted by Gasteiger charge is -2.06. The van der Waals surface area contributed by atoms with E-state index in [1.54, 1.807) is 0 Å². The van der Waals surface area contributed by atoms with Gasteiger partial charge in [0.05, 0.1) is 26.4 Å². The third-order valence-electron chi connectivity index (χ3n) is 3.00. The van der Waals surface area contributed by atoms with Crippen LogP contribution in [0.25, 0.3) is 0 Å². The molecule has 0 aromatic heterocycles. The summed E-state index contributed by atoms with van der Waals surface area (Å²) >= 11 is 0. The zero-order valence-corrected chi connectivity index (χ0v) is 13.0. The number of nitrogens with zero attached hydrogens (tertiary/aromatic N) is 2. The van der Waals surface area contributed by atoms with Crippen LogP contribution in [0.2, 0.25) is 0 Å². The molecule has 0 atom stereocenters. The normalized spacial score (nSPS) is 10.9. The van der Waals surface area contributed by atoms with Crippen molar-refractivity contribution in [2.45, 2.75) is 4.90 Å². The summed E-state index contributed by atoms with van der Waals surface area (Å²) in [7, 11) is -4.39. The minimum Gasteiger partial charge on any atom is -0.322 e. The molecule has 0 saturated heterocycles. The van der Waals surface area contributed by atoms with Crippen molar-refractivity contribution in [3.8, 4) is 0 Å². The van der Waals surface area contributed by atoms with Crippen LogP contribution >= 0.6 is 0 Å². The molecule has 1 amide bonds. The first-order valence-electron chi connectivity index (χ1n) is 6.41. The van der Waals surface area contributed by atoms with Gasteiger partial charge >= 0.3 is 0 Å². The third kappa shape index (κ3) is 4.33. The molecule has 130 valence electrons. The fourth-order valence-corrected chi connectivity index (χ4v) is 2.33. The average molecular weight is 367 g/mol. The van der Waals surface area contributed by atoms with Gasteiger partial charge in [-0.25, -0.2) is 0 Å². The Morgan fingerprint density at radius 1 is 0.960 bits per heavy atom. The quantitative estimate of drug-likeness (QED) is 0.459. The van der Waals surface area contributed by atoms with Crippen molar-refractivity contribution in [2.24, 2.45) is 0 Å². The number of nitro groups is 2. The highest BCUT2D eigenvalue weighted by atomic mass is 32.2. The van der Waals surface area contributed by atoms with Gasteiger partial charge in [-0.05, 0) is 24.3 Å². The molecular weight excluding hydrogens is 358 g/mol. The summed E-state index contributed by atoms with van der Waals surface area (Å²) in [6.45, 7) is 0. The number of non-ortho nitro benzene ring substituents is 2. The maximum atomic E-state index is 12.1. The van der Waals surface area contributed by atoms with Crippen molar-refractivity contribution in [3.05, 3.63) is 68.3 Å². The van der Waals surface area contributed by atoms with Crippen LogP contribution in [0.15, 0.2) is 47.4 Å². The van der Waals surface area contributed by atoms with E-state index in [1.165, 1.54) is 12.1 Å². The van der Waals surface area contributed by atoms with Crippen molar-refractivity contribution in [2.75, 3.05) is 5.32 Å². The monoisotopic (exact) mass is 367 g/mol. The van der Waals surface area contributed by atoms with Crippen molar-refractivity contribution in [1.82, 2.24) is 0 Å². The summed E-state index contributed by atoms with van der Waals surface area (Å²) < 4.78 is 30.7. The molecule has 0 saturated carbocycles. The predicted octanol–water partition coefficient (Wildman–Crippen LogP) is 2.00. The Morgan fingerprint density at radius 2 is 1.44 bits per heavy atom. The first kappa shape index (κ1) is 18.0. The van der Waals surface area contributed by atoms with Gasteiger partial charge < -0.3 is 5.32 Å². The van der Waals surface area contributed by atoms with Gasteiger partial charge in [-0.1, -0.05) is 0 Å². The summed E-state index contributed by atoms with van der Waals surface area (Å²) in [5, 5.41) is 23.9. The van der Waals surface area contributed by atoms with E-state index in [-0.39, 0.29) is 11.3 Å². The molecule has 2 aromatic rings. The Kier molecular flexibility index (Phi) is 4.76. The topological polar surface area (TPSA) is 170 Å². The van der Waals surface area contributed by atoms with Gasteiger partial charge in [0.25, 0.3) is 27.4 Å². The molecule has 0 aliphatic rings. The molecule has 0 spiro atoms. The van der Waals surface area contributed by atoms with E-state index >= 15 is 0 Å². The van der Waals surface area contributed by atoms with Gasteiger partial charge in [0.1, 0.15) is 0 Å². The van der Waals surface area contributed by atoms with Crippen molar-refractivity contribution in [1.29, 1.82) is 0 Å². The Hall–Kier alpha value is -3.38. The number of carbonyl (C=O) groups excluding carboxylic acids is 1. The fourth-order valence-electron chi connectivity index (χ4n) is 1.85. The average Bonchev–Trinajstić information content (AvgIpc) is 2.53. The molecule has 0 bridgehead atoms. The lowest BCUT2D eigenvalue weighted by molar-refractivity contribution is -0.394. The molecule has 12 heteroatoms. The van der Waals surface area contributed by atoms with Crippen LogP contribution in [-0.2, 0) is 10.1 Å². The van der Waals surface area contributed by atoms with E-state index < -0.39 is 42.1 Å². The lowest BCUT2D eigenvalue weighted by Crippen LogP contribution is -2.12. The van der Waals surface area contributed by atoms with Crippen LogP contribution in [-0.4, -0.2) is 28.7 Å². The minimum absolute atomic E-state index is 0.117. The van der Waals surface area contributed by atoms with E-state index in [1.807, 2.05) is 0 Å². The summed E-state index contributed by atoms with van der Waals surface area (Å²) in [5.41, 5.74) is -1.45. The molecule has 25 heavy (non-hydrogen) atoms. The molecule has 0 unspecified atom stereocenters. The second-order valence-corrected chi connectivity index (χ2v) is 6.13. The zero-order valence-electron chi connectivity index (χ0n) is 12.1. The van der Waals surface area contributed by atoms with Gasteiger partial charge in [-0.2, -0.15) is 8.42 Å². The van der Waals surface area contributed by atoms with Crippen LogP contribution in [0.5, 0.6) is 0 Å². The van der Waals surface area contributed by atoms with Crippen LogP contribution in [0.1, 0.15) is 10.4 Å². The molecule has 2 aromatic carbocycles. The Morgan fingerprint density at radius 3 is 1.84 bits per heavy atom. The highest BCUT2D eigenvalue weighted by Crippen LogP contribution is 2.23. The van der Waals surface area contributed by atoms with Crippen molar-refractivity contribution in [3.63, 3.8) is 0 Å². The molecule has 11 nitrogen and oxygen atoms in total. The number of amides is 1. The third-order valence-corrected chi connectivity index (χ3v) is 3.86. The van der Waals surface area contributed by atoms with Crippen LogP contribution in [0.3, 0.4) is 0 Å². The summed E-state index contributed by atoms with van der Waals surface area (Å²) in [6, 6.07) is 6.86. The van der Waals surface area contributed by atoms with Crippen molar-refractivity contribution >= 4 is 33.1 Å². The number of nitrogens with one attached hydrogen (secondary N) is 1. The Bertz CT molecular complexity index is 937. The summed E-state index contributed by atoms with van der Waals surface area (Å²) in [4.78, 5) is 31.6. The highest BCUT2D eigenvalue weighted by molar-refractivity contribution is 7.85. The smallest absolute Gasteiger partial charge is 0.294 e. The number of rotatable bonds is 5. The minimum atomic E-state index is -4.39. The zero-order chi connectivity index (χ0) is 18.8. The number of anilines is 1. The standard InChI is InChI=1S/C13H9N3O8S/c17-13(14-9-1-3-12(4-2-9)25(22,23)24)8-5-10(15(18)19)7-11(6-8)16(20)21/h1-7H,(H,14,17)(H,22,23,24). The van der Waals surface area contributed by atoms with E-state index in [4.69, 9.17) is 4.55 Å². The van der Waals surface area contributed by atoms with Crippen LogP contribution in [0, 0.1) is 20.2 Å². The Balaban J connectivity index is 2.31. The highest BCUT2D eigenvalue weighted by Gasteiger charge is 2.20. The lowest BCUT2D eigenvalue weighted by atomic mass is 10.1. The van der Waals surface area contributed by atoms with E-state index in [9.17, 15) is 33.4 Å². The van der Waals surface area contributed by atoms with E-state index in [0.717, 1.165) is 30.3 Å². The van der Waals surface area contributed by atoms with Gasteiger partial charge in [-0.15, -0.1) is 0 Å². The molecule has 0 aliphatic heterocycles. The first-order valence-corrected chi connectivity index (χ1v) is 7.85. The van der Waals surface area contributed by atoms with Gasteiger partial charge in [0.2, 0.25) is 0 Å². The van der Waals surface area contributed by atoms with Crippen LogP contribution in [0.4, 0.5) is 17.1 Å². The van der Waals surface area contributed by atoms with Crippen molar-refractivity contribution < 1.29 is 27.6 Å². The van der Waals surface area contributed by atoms with E-state index in [0.29, 0.717) is 0 Å². The van der Waals surface area contributed by atoms with Crippen LogP contribution < -0.4 is 5.32 Å². The van der Waals surface area contributed by atoms with Gasteiger partial charge in [-0.3, -0.25) is 29.6 Å². The molecule has 0 radical (unpaired) electrons. The van der Waals surface area contributed by atoms with Gasteiger partial charge in [0.15, 0.2) is 0 Å². The number of hydrogen-bond donors (Lipinski definition) is 2. The van der Waals surface area contributed by atoms with Gasteiger partial charge in [0, 0.05) is 17.8 Å². The Labute approximate surface area is 139 Å². The molecule has 2 N–H and O–H groups in total. The summed E-state index contributed by atoms with van der Waals surface area (Å²) in [6.07, 6.45) is 0. The second-order valence-electron chi connectivity index (χ2n) is 4.71. The van der Waals surface area contributed by atoms with E-state index in [2.05, 4.69) is 5.32 Å². The number of hydrogen-bond acceptors (Lipinski definition) is 7. The number of nitro benzene ring substituents is 2. The second kappa shape index (κ2) is 6.62. The molecule has 0 heterocycles. The largest absolute Gasteiger partial charge is 0.322 e. The maximum Gasteiger partial charge on any atom is 0.294 e. The molecule has 0 fully saturated rings. The summed E-state index contributed by atoms with van der Waals surface area (Å²) in [5.74, 6) is -0.869. The number of benzene rings is 2. The number of carbonyl (C=O) groups is 1. The first-order chi connectivity index (χ1) is 11.6. The molecular formula is C13H9N3O8S. The molecule has 2 rings (SSSR count). The maximum absolute atomic E-state index is 12.1. The SMILES string of the molecule is O=C(Nc1ccc(S(=O)(=O)O)cc1)c1cc([N+](=O)[O-])cc([N+](=O)[O-])c1. The predicted molar refractivity (Wildman–Crippen MR) is 84.0 cm³/mol. The fraction of sp³-hybridized carbons (Fsp3) is 0. The molecule has 0 aliphatic carbocycles.